The number of hydrogen-bond donors (Lipinski definition) is 0. The molecule has 10 aromatic carbocycles. The average Bonchev–Trinajstić information content (AvgIpc) is 3.72. The van der Waals surface area contributed by atoms with E-state index in [0.29, 0.717) is 0 Å². The molecule has 0 spiro atoms. The van der Waals surface area contributed by atoms with E-state index in [1.54, 1.807) is 6.08 Å². The van der Waals surface area contributed by atoms with Gasteiger partial charge in [-0.05, 0) is 115 Å². The topological polar surface area (TPSA) is 16.4 Å². The van der Waals surface area contributed by atoms with Gasteiger partial charge in [-0.1, -0.05) is 189 Å². The van der Waals surface area contributed by atoms with E-state index in [-0.39, 0.29) is 0 Å². The fourth-order valence-corrected chi connectivity index (χ4v) is 8.96. The van der Waals surface area contributed by atoms with E-state index in [1.807, 2.05) is 6.08 Å². The molecule has 0 unspecified atom stereocenters. The number of fused-ring (bicyclic) bond motifs is 6. The molecule has 11 aromatic rings. The number of rotatable bonds is 9. The summed E-state index contributed by atoms with van der Waals surface area (Å²) in [5.74, 6) is 0. The quantitative estimate of drug-likeness (QED) is 0.135. The zero-order chi connectivity index (χ0) is 41.4. The van der Waals surface area contributed by atoms with Gasteiger partial charge in [-0.2, -0.15) is 0 Å². The fourth-order valence-electron chi connectivity index (χ4n) is 8.96. The van der Waals surface area contributed by atoms with Gasteiger partial charge in [0.05, 0.1) is 5.69 Å². The normalized spacial score (nSPS) is 11.5. The summed E-state index contributed by atoms with van der Waals surface area (Å²) in [4.78, 5) is 2.40. The summed E-state index contributed by atoms with van der Waals surface area (Å²) < 4.78 is 6.54. The smallest absolute Gasteiger partial charge is 0.143 e. The third-order valence-electron chi connectivity index (χ3n) is 12.0. The SMILES string of the molecule is C=C/C=C\c1cccc(-c2ccc(-c3ccc(N(c4cccc(-c5cccc6ccccc56)c4)c4ccccc4-c4ccc5oc6c7ccccc7ccc6c5c4)cc3)cc2)c1. The lowest BCUT2D eigenvalue weighted by atomic mass is 9.96. The van der Waals surface area contributed by atoms with Crippen LogP contribution in [-0.2, 0) is 0 Å². The van der Waals surface area contributed by atoms with Crippen molar-refractivity contribution in [2.75, 3.05) is 4.90 Å². The number of hydrogen-bond acceptors (Lipinski definition) is 2. The zero-order valence-corrected chi connectivity index (χ0v) is 34.1. The van der Waals surface area contributed by atoms with E-state index in [4.69, 9.17) is 4.42 Å². The Bertz CT molecular complexity index is 3470. The molecule has 1 aromatic heterocycles. The molecule has 0 amide bonds. The number of furan rings is 1. The van der Waals surface area contributed by atoms with Crippen molar-refractivity contribution in [3.05, 3.63) is 243 Å². The van der Waals surface area contributed by atoms with Crippen LogP contribution >= 0.6 is 0 Å². The van der Waals surface area contributed by atoms with Gasteiger partial charge in [0.25, 0.3) is 0 Å². The van der Waals surface area contributed by atoms with Crippen LogP contribution in [-0.4, -0.2) is 0 Å². The Morgan fingerprint density at radius 1 is 0.387 bits per heavy atom. The zero-order valence-electron chi connectivity index (χ0n) is 34.1. The Kier molecular flexibility index (Phi) is 9.37. The van der Waals surface area contributed by atoms with Crippen LogP contribution in [0.4, 0.5) is 17.1 Å². The summed E-state index contributed by atoms with van der Waals surface area (Å²) in [5.41, 5.74) is 15.5. The highest BCUT2D eigenvalue weighted by atomic mass is 16.3. The maximum absolute atomic E-state index is 6.54. The van der Waals surface area contributed by atoms with Gasteiger partial charge in [0.2, 0.25) is 0 Å². The summed E-state index contributed by atoms with van der Waals surface area (Å²) in [7, 11) is 0. The Hall–Kier alpha value is -8.20. The van der Waals surface area contributed by atoms with Gasteiger partial charge in [-0.15, -0.1) is 0 Å². The van der Waals surface area contributed by atoms with Crippen LogP contribution < -0.4 is 4.90 Å². The molecule has 0 saturated heterocycles. The molecule has 0 radical (unpaired) electrons. The summed E-state index contributed by atoms with van der Waals surface area (Å²) in [6.45, 7) is 3.81. The second-order valence-electron chi connectivity index (χ2n) is 15.8. The highest BCUT2D eigenvalue weighted by Crippen LogP contribution is 2.44. The first kappa shape index (κ1) is 36.8. The van der Waals surface area contributed by atoms with E-state index >= 15 is 0 Å². The summed E-state index contributed by atoms with van der Waals surface area (Å²) in [6, 6.07) is 78.7. The molecule has 0 bridgehead atoms. The van der Waals surface area contributed by atoms with Gasteiger partial charge in [0.15, 0.2) is 0 Å². The molecule has 0 aliphatic rings. The molecule has 0 N–H and O–H groups in total. The number of allylic oxidation sites excluding steroid dienone is 2. The Labute approximate surface area is 361 Å². The molecule has 0 fully saturated rings. The van der Waals surface area contributed by atoms with Crippen molar-refractivity contribution in [2.24, 2.45) is 0 Å². The molecule has 2 heteroatoms. The van der Waals surface area contributed by atoms with E-state index in [2.05, 4.69) is 236 Å². The third kappa shape index (κ3) is 6.74. The monoisotopic (exact) mass is 791 g/mol. The highest BCUT2D eigenvalue weighted by molar-refractivity contribution is 6.15. The van der Waals surface area contributed by atoms with Gasteiger partial charge >= 0.3 is 0 Å². The van der Waals surface area contributed by atoms with Gasteiger partial charge in [-0.3, -0.25) is 0 Å². The molecular weight excluding hydrogens is 751 g/mol. The van der Waals surface area contributed by atoms with E-state index in [0.717, 1.165) is 66.6 Å². The molecule has 292 valence electrons. The largest absolute Gasteiger partial charge is 0.455 e. The number of anilines is 3. The molecule has 1 heterocycles. The Morgan fingerprint density at radius 3 is 1.82 bits per heavy atom. The van der Waals surface area contributed by atoms with Crippen LogP contribution in [0.25, 0.3) is 94.1 Å². The van der Waals surface area contributed by atoms with Crippen LogP contribution in [0.15, 0.2) is 242 Å². The molecular formula is C60H41NO. The molecule has 0 aliphatic carbocycles. The van der Waals surface area contributed by atoms with Crippen molar-refractivity contribution in [2.45, 2.75) is 0 Å². The van der Waals surface area contributed by atoms with Crippen LogP contribution in [0.1, 0.15) is 5.56 Å². The number of nitrogens with zero attached hydrogens (tertiary/aromatic N) is 1. The summed E-state index contributed by atoms with van der Waals surface area (Å²) in [5, 5.41) is 6.99. The molecule has 0 atom stereocenters. The maximum atomic E-state index is 6.54. The van der Waals surface area contributed by atoms with Crippen LogP contribution in [0.3, 0.4) is 0 Å². The summed E-state index contributed by atoms with van der Waals surface area (Å²) in [6.07, 6.45) is 5.85. The van der Waals surface area contributed by atoms with Crippen molar-refractivity contribution in [3.8, 4) is 44.5 Å². The van der Waals surface area contributed by atoms with E-state index < -0.39 is 0 Å². The van der Waals surface area contributed by atoms with Crippen LogP contribution in [0, 0.1) is 0 Å². The second kappa shape index (κ2) is 15.8. The van der Waals surface area contributed by atoms with Crippen LogP contribution in [0.5, 0.6) is 0 Å². The average molecular weight is 792 g/mol. The van der Waals surface area contributed by atoms with Gasteiger partial charge in [-0.25, -0.2) is 0 Å². The molecule has 11 rings (SSSR count). The standard InChI is InChI=1S/C60H41NO/c1-2-3-13-41-14-10-18-47(38-41)44-28-26-42(27-29-44)43-30-34-50(35-31-43)61(51-20-11-19-48(39-51)53-24-12-17-45-15-4-6-21-52(45)53)58-25-9-8-22-54(58)49-33-37-59-57(40-49)56-36-32-46-16-5-7-23-55(46)60(56)62-59/h2-40H,1H2/b13-3-. The van der Waals surface area contributed by atoms with Crippen molar-refractivity contribution >= 4 is 66.6 Å². The van der Waals surface area contributed by atoms with E-state index in [1.165, 1.54) is 44.0 Å². The van der Waals surface area contributed by atoms with Crippen molar-refractivity contribution in [1.29, 1.82) is 0 Å². The lowest BCUT2D eigenvalue weighted by Crippen LogP contribution is -2.11. The number of benzene rings is 10. The van der Waals surface area contributed by atoms with Gasteiger partial charge in [0.1, 0.15) is 11.2 Å². The first-order valence-corrected chi connectivity index (χ1v) is 21.1. The predicted octanol–water partition coefficient (Wildman–Crippen LogP) is 17.2. The van der Waals surface area contributed by atoms with Gasteiger partial charge in [0, 0.05) is 33.1 Å². The molecule has 2 nitrogen and oxygen atoms in total. The Balaban J connectivity index is 1.02. The maximum Gasteiger partial charge on any atom is 0.143 e. The lowest BCUT2D eigenvalue weighted by Gasteiger charge is -2.28. The predicted molar refractivity (Wildman–Crippen MR) is 264 cm³/mol. The van der Waals surface area contributed by atoms with Crippen LogP contribution in [0.2, 0.25) is 0 Å². The molecule has 0 saturated carbocycles. The van der Waals surface area contributed by atoms with E-state index in [9.17, 15) is 0 Å². The molecule has 0 aliphatic heterocycles. The highest BCUT2D eigenvalue weighted by Gasteiger charge is 2.20. The first-order valence-electron chi connectivity index (χ1n) is 21.1. The van der Waals surface area contributed by atoms with Crippen molar-refractivity contribution < 1.29 is 4.42 Å². The minimum atomic E-state index is 0.884. The Morgan fingerprint density at radius 2 is 1.00 bits per heavy atom. The van der Waals surface area contributed by atoms with Gasteiger partial charge < -0.3 is 9.32 Å². The minimum absolute atomic E-state index is 0.884. The first-order chi connectivity index (χ1) is 30.7. The minimum Gasteiger partial charge on any atom is -0.455 e. The fraction of sp³-hybridized carbons (Fsp3) is 0. The van der Waals surface area contributed by atoms with Crippen molar-refractivity contribution in [1.82, 2.24) is 0 Å². The third-order valence-corrected chi connectivity index (χ3v) is 12.0. The summed E-state index contributed by atoms with van der Waals surface area (Å²) >= 11 is 0. The second-order valence-corrected chi connectivity index (χ2v) is 15.8. The molecule has 62 heavy (non-hydrogen) atoms. The lowest BCUT2D eigenvalue weighted by molar-refractivity contribution is 0.672. The number of para-hydroxylation sites is 1. The van der Waals surface area contributed by atoms with Crippen molar-refractivity contribution in [3.63, 3.8) is 0 Å².